The molecule has 116 valence electrons. The summed E-state index contributed by atoms with van der Waals surface area (Å²) in [5, 5.41) is 0. The predicted octanol–water partition coefficient (Wildman–Crippen LogP) is 1.60. The van der Waals surface area contributed by atoms with Crippen LogP contribution in [0.3, 0.4) is 0 Å². The number of carbonyl (C=O) groups is 3. The van der Waals surface area contributed by atoms with Gasteiger partial charge in [-0.15, -0.1) is 0 Å². The van der Waals surface area contributed by atoms with Crippen molar-refractivity contribution in [2.75, 3.05) is 19.6 Å². The summed E-state index contributed by atoms with van der Waals surface area (Å²) in [4.78, 5) is 38.4. The highest BCUT2D eigenvalue weighted by Gasteiger charge is 2.36. The summed E-state index contributed by atoms with van der Waals surface area (Å²) < 4.78 is 0.993. The van der Waals surface area contributed by atoms with Crippen molar-refractivity contribution in [1.29, 1.82) is 0 Å². The van der Waals surface area contributed by atoms with E-state index < -0.39 is 0 Å². The fraction of sp³-hybridized carbons (Fsp3) is 0.438. The molecule has 5 nitrogen and oxygen atoms in total. The van der Waals surface area contributed by atoms with E-state index in [-0.39, 0.29) is 23.6 Å². The lowest BCUT2D eigenvalue weighted by atomic mass is 9.98. The average Bonchev–Trinajstić information content (AvgIpc) is 2.75. The van der Waals surface area contributed by atoms with Gasteiger partial charge < -0.3 is 4.90 Å². The molecule has 0 spiro atoms. The maximum Gasteiger partial charge on any atom is 0.229 e. The van der Waals surface area contributed by atoms with Crippen LogP contribution in [0, 0.1) is 5.92 Å². The van der Waals surface area contributed by atoms with Gasteiger partial charge in [0, 0.05) is 42.9 Å². The quantitative estimate of drug-likeness (QED) is 0.762. The highest BCUT2D eigenvalue weighted by molar-refractivity contribution is 9.10. The molecule has 1 aromatic rings. The number of benzene rings is 1. The Morgan fingerprint density at radius 3 is 2.27 bits per heavy atom. The Bertz CT molecular complexity index is 592. The van der Waals surface area contributed by atoms with Crippen LogP contribution in [0.25, 0.3) is 0 Å². The fourth-order valence-corrected chi connectivity index (χ4v) is 3.13. The maximum absolute atomic E-state index is 12.2. The molecule has 2 aliphatic rings. The van der Waals surface area contributed by atoms with Crippen LogP contribution in [0.4, 0.5) is 0 Å². The van der Waals surface area contributed by atoms with Crippen LogP contribution in [-0.2, 0) is 20.8 Å². The van der Waals surface area contributed by atoms with Gasteiger partial charge in [-0.1, -0.05) is 28.1 Å². The molecule has 3 rings (SSSR count). The Kier molecular flexibility index (Phi) is 4.29. The fourth-order valence-electron chi connectivity index (χ4n) is 2.86. The van der Waals surface area contributed by atoms with Gasteiger partial charge in [0.25, 0.3) is 0 Å². The van der Waals surface area contributed by atoms with Crippen LogP contribution in [0.2, 0.25) is 0 Å². The number of likely N-dealkylation sites (tertiary alicyclic amines) is 2. The van der Waals surface area contributed by atoms with Gasteiger partial charge in [-0.2, -0.15) is 0 Å². The van der Waals surface area contributed by atoms with Gasteiger partial charge in [0.1, 0.15) is 0 Å². The molecule has 22 heavy (non-hydrogen) atoms. The molecule has 0 saturated carbocycles. The summed E-state index contributed by atoms with van der Waals surface area (Å²) in [6.07, 6.45) is 1.05. The average molecular weight is 365 g/mol. The van der Waals surface area contributed by atoms with E-state index in [1.54, 1.807) is 4.90 Å². The first-order valence-corrected chi connectivity index (χ1v) is 8.17. The van der Waals surface area contributed by atoms with Crippen LogP contribution in [0.1, 0.15) is 18.4 Å². The van der Waals surface area contributed by atoms with Crippen molar-refractivity contribution in [3.8, 4) is 0 Å². The van der Waals surface area contributed by atoms with E-state index in [0.29, 0.717) is 38.9 Å². The molecule has 2 aliphatic heterocycles. The molecule has 0 atom stereocenters. The highest BCUT2D eigenvalue weighted by atomic mass is 79.9. The number of nitrogens with zero attached hydrogens (tertiary/aromatic N) is 2. The van der Waals surface area contributed by atoms with Gasteiger partial charge in [0.15, 0.2) is 0 Å². The second-order valence-corrected chi connectivity index (χ2v) is 6.78. The molecule has 3 amide bonds. The first-order valence-electron chi connectivity index (χ1n) is 7.38. The molecule has 0 unspecified atom stereocenters. The third-order valence-electron chi connectivity index (χ3n) is 4.17. The Hall–Kier alpha value is -1.69. The van der Waals surface area contributed by atoms with Crippen LogP contribution in [0.15, 0.2) is 28.7 Å². The van der Waals surface area contributed by atoms with E-state index in [1.165, 1.54) is 4.90 Å². The molecular weight excluding hydrogens is 348 g/mol. The largest absolute Gasteiger partial charge is 0.342 e. The Balaban J connectivity index is 1.46. The summed E-state index contributed by atoms with van der Waals surface area (Å²) >= 11 is 3.37. The van der Waals surface area contributed by atoms with Gasteiger partial charge in [-0.25, -0.2) is 0 Å². The Morgan fingerprint density at radius 2 is 1.68 bits per heavy atom. The minimum absolute atomic E-state index is 0.0790. The molecule has 2 saturated heterocycles. The normalized spacial score (nSPS) is 18.8. The number of hydrogen-bond donors (Lipinski definition) is 0. The zero-order chi connectivity index (χ0) is 15.7. The van der Waals surface area contributed by atoms with Gasteiger partial charge in [0.2, 0.25) is 17.7 Å². The molecule has 1 aromatic carbocycles. The molecule has 0 aliphatic carbocycles. The van der Waals surface area contributed by atoms with Gasteiger partial charge >= 0.3 is 0 Å². The minimum atomic E-state index is -0.0790. The predicted molar refractivity (Wildman–Crippen MR) is 83.9 cm³/mol. The molecule has 0 bridgehead atoms. The van der Waals surface area contributed by atoms with Crippen molar-refractivity contribution in [3.63, 3.8) is 0 Å². The lowest BCUT2D eigenvalue weighted by Crippen LogP contribution is -2.54. The summed E-state index contributed by atoms with van der Waals surface area (Å²) in [6, 6.07) is 7.71. The second kappa shape index (κ2) is 6.20. The van der Waals surface area contributed by atoms with E-state index in [4.69, 9.17) is 0 Å². The summed E-state index contributed by atoms with van der Waals surface area (Å²) in [7, 11) is 0. The molecule has 0 radical (unpaired) electrons. The second-order valence-electron chi connectivity index (χ2n) is 5.87. The van der Waals surface area contributed by atoms with E-state index >= 15 is 0 Å². The highest BCUT2D eigenvalue weighted by Crippen LogP contribution is 2.22. The molecule has 6 heteroatoms. The van der Waals surface area contributed by atoms with Crippen LogP contribution >= 0.6 is 15.9 Å². The van der Waals surface area contributed by atoms with Crippen molar-refractivity contribution in [1.82, 2.24) is 9.80 Å². The number of amides is 3. The summed E-state index contributed by atoms with van der Waals surface area (Å²) in [5.74, 6) is 0.159. The first kappa shape index (κ1) is 15.2. The van der Waals surface area contributed by atoms with Crippen molar-refractivity contribution >= 4 is 33.7 Å². The monoisotopic (exact) mass is 364 g/mol. The number of rotatable bonds is 4. The Morgan fingerprint density at radius 1 is 1.09 bits per heavy atom. The molecule has 0 aromatic heterocycles. The topological polar surface area (TPSA) is 57.7 Å². The van der Waals surface area contributed by atoms with Gasteiger partial charge in [-0.3, -0.25) is 19.3 Å². The third-order valence-corrected chi connectivity index (χ3v) is 4.70. The van der Waals surface area contributed by atoms with Crippen LogP contribution < -0.4 is 0 Å². The van der Waals surface area contributed by atoms with Crippen molar-refractivity contribution in [3.05, 3.63) is 34.3 Å². The summed E-state index contributed by atoms with van der Waals surface area (Å²) in [5.41, 5.74) is 0.988. The number of imide groups is 1. The van der Waals surface area contributed by atoms with E-state index in [1.807, 2.05) is 24.3 Å². The van der Waals surface area contributed by atoms with Crippen molar-refractivity contribution < 1.29 is 14.4 Å². The van der Waals surface area contributed by atoms with Crippen LogP contribution in [-0.4, -0.2) is 47.2 Å². The van der Waals surface area contributed by atoms with Gasteiger partial charge in [-0.05, 0) is 17.7 Å². The standard InChI is InChI=1S/C16H17BrN2O3/c17-13-3-1-11(2-4-13)7-16(22)18-8-12(9-18)10-19-14(20)5-6-15(19)21/h1-4,12H,5-10H2. The van der Waals surface area contributed by atoms with E-state index in [9.17, 15) is 14.4 Å². The summed E-state index contributed by atoms with van der Waals surface area (Å²) in [6.45, 7) is 1.72. The molecule has 0 N–H and O–H groups in total. The first-order chi connectivity index (χ1) is 10.5. The molecule has 2 heterocycles. The SMILES string of the molecule is O=C(Cc1ccc(Br)cc1)N1CC(CN2C(=O)CCC2=O)C1. The van der Waals surface area contributed by atoms with E-state index in [0.717, 1.165) is 10.0 Å². The van der Waals surface area contributed by atoms with Crippen LogP contribution in [0.5, 0.6) is 0 Å². The van der Waals surface area contributed by atoms with Crippen molar-refractivity contribution in [2.45, 2.75) is 19.3 Å². The molecule has 2 fully saturated rings. The number of halogens is 1. The number of carbonyl (C=O) groups excluding carboxylic acids is 3. The van der Waals surface area contributed by atoms with E-state index in [2.05, 4.69) is 15.9 Å². The minimum Gasteiger partial charge on any atom is -0.342 e. The molecular formula is C16H17BrN2O3. The van der Waals surface area contributed by atoms with Crippen molar-refractivity contribution in [2.24, 2.45) is 5.92 Å². The lowest BCUT2D eigenvalue weighted by molar-refractivity contribution is -0.142. The zero-order valence-corrected chi connectivity index (χ0v) is 13.7. The maximum atomic E-state index is 12.2. The third kappa shape index (κ3) is 3.21. The Labute approximate surface area is 137 Å². The zero-order valence-electron chi connectivity index (χ0n) is 12.1. The van der Waals surface area contributed by atoms with Gasteiger partial charge in [0.05, 0.1) is 6.42 Å². The lowest BCUT2D eigenvalue weighted by Gasteiger charge is -2.40. The number of hydrogen-bond acceptors (Lipinski definition) is 3. The smallest absolute Gasteiger partial charge is 0.229 e.